The lowest BCUT2D eigenvalue weighted by Gasteiger charge is -2.61. The molecule has 44 heavy (non-hydrogen) atoms. The fourth-order valence-corrected chi connectivity index (χ4v) is 7.46. The first kappa shape index (κ1) is 28.5. The summed E-state index contributed by atoms with van der Waals surface area (Å²) in [4.78, 5) is 24.5. The number of anilines is 1. The minimum atomic E-state index is -0.916. The highest BCUT2D eigenvalue weighted by molar-refractivity contribution is 5.76. The molecule has 4 fully saturated rings. The minimum absolute atomic E-state index is 0.110. The van der Waals surface area contributed by atoms with E-state index in [9.17, 15) is 14.4 Å². The molecule has 1 aromatic heterocycles. The van der Waals surface area contributed by atoms with Gasteiger partial charge in [-0.2, -0.15) is 5.26 Å². The molecule has 9 nitrogen and oxygen atoms in total. The SMILES string of the molecule is N#Cc1ccc(-c2cc(F)ccc2Oc2cncnc2N2CC3(CN(CC[C@H]4CC[C@H](NC(=O)O)CC4)C3)C2)c(C2CC2)c1. The van der Waals surface area contributed by atoms with E-state index >= 15 is 0 Å². The molecule has 1 spiro atoms. The van der Waals surface area contributed by atoms with Crippen LogP contribution >= 0.6 is 0 Å². The van der Waals surface area contributed by atoms with E-state index in [1.165, 1.54) is 18.6 Å². The third kappa shape index (κ3) is 5.93. The normalized spacial score (nSPS) is 22.5. The van der Waals surface area contributed by atoms with E-state index in [0.717, 1.165) is 88.2 Å². The first-order chi connectivity index (χ1) is 21.4. The molecule has 0 unspecified atom stereocenters. The van der Waals surface area contributed by atoms with Crippen LogP contribution in [-0.2, 0) is 0 Å². The summed E-state index contributed by atoms with van der Waals surface area (Å²) in [5.74, 6) is 2.53. The predicted molar refractivity (Wildman–Crippen MR) is 163 cm³/mol. The summed E-state index contributed by atoms with van der Waals surface area (Å²) in [6.45, 7) is 5.05. The average Bonchev–Trinajstić information content (AvgIpc) is 3.83. The molecule has 0 radical (unpaired) electrons. The molecule has 4 aliphatic rings. The maximum Gasteiger partial charge on any atom is 0.404 e. The quantitative estimate of drug-likeness (QED) is 0.302. The van der Waals surface area contributed by atoms with Crippen molar-refractivity contribution in [3.05, 3.63) is 65.9 Å². The number of hydrogen-bond donors (Lipinski definition) is 2. The van der Waals surface area contributed by atoms with Gasteiger partial charge in [0.1, 0.15) is 17.9 Å². The van der Waals surface area contributed by atoms with Crippen molar-refractivity contribution in [2.45, 2.75) is 56.9 Å². The van der Waals surface area contributed by atoms with Gasteiger partial charge >= 0.3 is 6.09 Å². The summed E-state index contributed by atoms with van der Waals surface area (Å²) in [6.07, 6.45) is 9.66. The Hall–Kier alpha value is -4.23. The number of ether oxygens (including phenoxy) is 1. The van der Waals surface area contributed by atoms with Crippen LogP contribution in [0, 0.1) is 28.5 Å². The Morgan fingerprint density at radius 1 is 1.05 bits per heavy atom. The highest BCUT2D eigenvalue weighted by Crippen LogP contribution is 2.48. The minimum Gasteiger partial charge on any atom is -0.465 e. The predicted octanol–water partition coefficient (Wildman–Crippen LogP) is 6.16. The Kier molecular flexibility index (Phi) is 7.58. The average molecular weight is 597 g/mol. The number of nitrogens with one attached hydrogen (secondary N) is 1. The number of carboxylic acid groups (broad SMARTS) is 1. The number of amides is 1. The topological polar surface area (TPSA) is 115 Å². The molecule has 2 aliphatic heterocycles. The highest BCUT2D eigenvalue weighted by Gasteiger charge is 2.52. The van der Waals surface area contributed by atoms with Gasteiger partial charge in [-0.3, -0.25) is 0 Å². The highest BCUT2D eigenvalue weighted by atomic mass is 19.1. The van der Waals surface area contributed by atoms with E-state index in [2.05, 4.69) is 31.2 Å². The molecule has 2 N–H and O–H groups in total. The van der Waals surface area contributed by atoms with Gasteiger partial charge in [0.05, 0.1) is 17.8 Å². The Labute approximate surface area is 256 Å². The molecular weight excluding hydrogens is 559 g/mol. The van der Waals surface area contributed by atoms with Crippen LogP contribution in [0.5, 0.6) is 11.5 Å². The molecular formula is C34H37FN6O3. The van der Waals surface area contributed by atoms with E-state index in [1.54, 1.807) is 24.7 Å². The van der Waals surface area contributed by atoms with Gasteiger partial charge in [0.15, 0.2) is 11.6 Å². The van der Waals surface area contributed by atoms with Gasteiger partial charge in [0.2, 0.25) is 0 Å². The van der Waals surface area contributed by atoms with Gasteiger partial charge in [-0.15, -0.1) is 0 Å². The van der Waals surface area contributed by atoms with E-state index in [4.69, 9.17) is 9.84 Å². The molecule has 2 aliphatic carbocycles. The zero-order chi connectivity index (χ0) is 30.3. The molecule has 7 rings (SSSR count). The number of nitriles is 1. The van der Waals surface area contributed by atoms with Gasteiger partial charge in [-0.25, -0.2) is 19.2 Å². The fraction of sp³-hybridized carbons (Fsp3) is 0.471. The van der Waals surface area contributed by atoms with Crippen molar-refractivity contribution in [1.29, 1.82) is 5.26 Å². The molecule has 1 amide bonds. The van der Waals surface area contributed by atoms with E-state index < -0.39 is 6.09 Å². The van der Waals surface area contributed by atoms with Gasteiger partial charge in [0.25, 0.3) is 0 Å². The van der Waals surface area contributed by atoms with Crippen molar-refractivity contribution in [3.63, 3.8) is 0 Å². The largest absolute Gasteiger partial charge is 0.465 e. The van der Waals surface area contributed by atoms with Crippen LogP contribution in [0.3, 0.4) is 0 Å². The molecule has 3 heterocycles. The number of halogens is 1. The maximum atomic E-state index is 14.5. The lowest BCUT2D eigenvalue weighted by molar-refractivity contribution is -0.0257. The van der Waals surface area contributed by atoms with E-state index in [0.29, 0.717) is 34.5 Å². The van der Waals surface area contributed by atoms with Crippen LogP contribution in [0.15, 0.2) is 48.9 Å². The summed E-state index contributed by atoms with van der Waals surface area (Å²) < 4.78 is 21.0. The summed E-state index contributed by atoms with van der Waals surface area (Å²) in [5, 5.41) is 21.0. The fourth-order valence-electron chi connectivity index (χ4n) is 7.46. The third-order valence-corrected chi connectivity index (χ3v) is 9.81. The third-order valence-electron chi connectivity index (χ3n) is 9.81. The monoisotopic (exact) mass is 596 g/mol. The number of rotatable bonds is 9. The molecule has 0 bridgehead atoms. The molecule has 0 atom stereocenters. The van der Waals surface area contributed by atoms with Crippen LogP contribution in [0.4, 0.5) is 15.0 Å². The molecule has 2 saturated heterocycles. The number of aromatic nitrogens is 2. The van der Waals surface area contributed by atoms with Crippen molar-refractivity contribution in [1.82, 2.24) is 20.2 Å². The van der Waals surface area contributed by atoms with Gasteiger partial charge in [-0.1, -0.05) is 6.07 Å². The van der Waals surface area contributed by atoms with Crippen molar-refractivity contribution in [2.75, 3.05) is 37.6 Å². The van der Waals surface area contributed by atoms with Crippen molar-refractivity contribution >= 4 is 11.9 Å². The zero-order valence-corrected chi connectivity index (χ0v) is 24.7. The van der Waals surface area contributed by atoms with Crippen molar-refractivity contribution < 1.29 is 19.0 Å². The molecule has 228 valence electrons. The van der Waals surface area contributed by atoms with Crippen LogP contribution in [-0.4, -0.2) is 64.8 Å². The van der Waals surface area contributed by atoms with Crippen LogP contribution in [0.25, 0.3) is 11.1 Å². The van der Waals surface area contributed by atoms with Crippen molar-refractivity contribution in [3.8, 4) is 28.7 Å². The van der Waals surface area contributed by atoms with Crippen molar-refractivity contribution in [2.24, 2.45) is 11.3 Å². The first-order valence-electron chi connectivity index (χ1n) is 15.7. The Morgan fingerprint density at radius 2 is 1.84 bits per heavy atom. The second-order valence-electron chi connectivity index (χ2n) is 13.2. The van der Waals surface area contributed by atoms with E-state index in [-0.39, 0.29) is 17.3 Å². The van der Waals surface area contributed by atoms with Gasteiger partial charge < -0.3 is 25.0 Å². The zero-order valence-electron chi connectivity index (χ0n) is 24.7. The van der Waals surface area contributed by atoms with Crippen LogP contribution in [0.1, 0.15) is 62.0 Å². The first-order valence-corrected chi connectivity index (χ1v) is 15.7. The second-order valence-corrected chi connectivity index (χ2v) is 13.2. The second kappa shape index (κ2) is 11.7. The molecule has 2 saturated carbocycles. The molecule has 2 aromatic carbocycles. The number of benzene rings is 2. The lowest BCUT2D eigenvalue weighted by Crippen LogP contribution is -2.72. The number of hydrogen-bond acceptors (Lipinski definition) is 7. The van der Waals surface area contributed by atoms with Gasteiger partial charge in [0, 0.05) is 43.2 Å². The van der Waals surface area contributed by atoms with E-state index in [1.807, 2.05) is 12.1 Å². The summed E-state index contributed by atoms with van der Waals surface area (Å²) in [7, 11) is 0. The smallest absolute Gasteiger partial charge is 0.404 e. The number of carbonyl (C=O) groups is 1. The lowest BCUT2D eigenvalue weighted by atomic mass is 9.72. The Balaban J connectivity index is 0.980. The molecule has 10 heteroatoms. The maximum absolute atomic E-state index is 14.5. The number of nitrogens with zero attached hydrogens (tertiary/aromatic N) is 5. The summed E-state index contributed by atoms with van der Waals surface area (Å²) in [6, 6.07) is 12.5. The standard InChI is InChI=1S/C34H37FN6O3/c35-25-6-10-30(29(14-25)27-9-3-23(15-36)13-28(27)24-4-5-24)44-31-16-37-21-38-32(31)41-19-34(20-41)17-40(18-34)12-11-22-1-7-26(8-2-22)39-33(42)43/h3,6,9-10,13-14,16,21-22,24,26,39H,1-2,4-5,7-8,11-12,17-20H2,(H,42,43)/t22-,26-. The summed E-state index contributed by atoms with van der Waals surface area (Å²) >= 11 is 0. The van der Waals surface area contributed by atoms with Crippen LogP contribution in [0.2, 0.25) is 0 Å². The molecule has 3 aromatic rings. The Bertz CT molecular complexity index is 1580. The van der Waals surface area contributed by atoms with Gasteiger partial charge in [-0.05, 0) is 105 Å². The number of likely N-dealkylation sites (tertiary alicyclic amines) is 1. The summed E-state index contributed by atoms with van der Waals surface area (Å²) in [5.41, 5.74) is 3.49. The van der Waals surface area contributed by atoms with Crippen LogP contribution < -0.4 is 15.0 Å². The Morgan fingerprint density at radius 3 is 2.57 bits per heavy atom.